The van der Waals surface area contributed by atoms with Crippen LogP contribution in [0.25, 0.3) is 17.2 Å². The molecule has 1 aliphatic heterocycles. The van der Waals surface area contributed by atoms with E-state index in [1.54, 1.807) is 6.07 Å². The zero-order chi connectivity index (χ0) is 17.4. The molecule has 138 valence electrons. The molecule has 3 heterocycles. The summed E-state index contributed by atoms with van der Waals surface area (Å²) in [6.45, 7) is 6.06. The van der Waals surface area contributed by atoms with E-state index in [9.17, 15) is 4.79 Å². The molecule has 1 unspecified atom stereocenters. The molecular formula is C19H24ClN5O. The van der Waals surface area contributed by atoms with Crippen molar-refractivity contribution in [2.45, 2.75) is 45.7 Å². The van der Waals surface area contributed by atoms with Crippen LogP contribution in [0.15, 0.2) is 35.1 Å². The first-order valence-corrected chi connectivity index (χ1v) is 8.90. The van der Waals surface area contributed by atoms with Crippen LogP contribution in [0.3, 0.4) is 0 Å². The summed E-state index contributed by atoms with van der Waals surface area (Å²) in [5.74, 6) is 1.10. The van der Waals surface area contributed by atoms with Gasteiger partial charge in [0.1, 0.15) is 0 Å². The van der Waals surface area contributed by atoms with Crippen molar-refractivity contribution in [3.63, 3.8) is 0 Å². The molecule has 1 atom stereocenters. The number of hydrogen-bond acceptors (Lipinski definition) is 4. The molecule has 0 spiro atoms. The number of piperidine rings is 1. The number of fused-ring (bicyclic) bond motifs is 1. The molecular weight excluding hydrogens is 350 g/mol. The van der Waals surface area contributed by atoms with Gasteiger partial charge < -0.3 is 0 Å². The van der Waals surface area contributed by atoms with Crippen molar-refractivity contribution in [3.8, 4) is 11.4 Å². The fourth-order valence-corrected chi connectivity index (χ4v) is 3.53. The molecule has 2 aromatic heterocycles. The number of H-pyrrole nitrogens is 1. The highest BCUT2D eigenvalue weighted by atomic mass is 35.5. The molecule has 1 saturated heterocycles. The van der Waals surface area contributed by atoms with Gasteiger partial charge in [0.05, 0.1) is 5.69 Å². The van der Waals surface area contributed by atoms with E-state index in [4.69, 9.17) is 0 Å². The third kappa shape index (κ3) is 3.66. The van der Waals surface area contributed by atoms with Crippen molar-refractivity contribution in [1.82, 2.24) is 24.5 Å². The Bertz CT molecular complexity index is 964. The van der Waals surface area contributed by atoms with Gasteiger partial charge in [-0.05, 0) is 39.3 Å². The maximum atomic E-state index is 12.5. The van der Waals surface area contributed by atoms with Gasteiger partial charge in [0.2, 0.25) is 0 Å². The first kappa shape index (κ1) is 18.6. The smallest absolute Gasteiger partial charge is 0.274 e. The minimum atomic E-state index is -0.115. The fourth-order valence-electron chi connectivity index (χ4n) is 3.53. The normalized spacial score (nSPS) is 18.0. The zero-order valence-corrected chi connectivity index (χ0v) is 15.9. The topological polar surface area (TPSA) is 66.3 Å². The van der Waals surface area contributed by atoms with Crippen molar-refractivity contribution in [1.29, 1.82) is 0 Å². The number of hydrogen-bond donors (Lipinski definition) is 1. The molecule has 0 radical (unpaired) electrons. The highest BCUT2D eigenvalue weighted by Crippen LogP contribution is 2.19. The summed E-state index contributed by atoms with van der Waals surface area (Å²) in [6.07, 6.45) is 3.71. The minimum absolute atomic E-state index is 0. The number of rotatable bonds is 3. The fraction of sp³-hybridized carbons (Fsp3) is 0.421. The van der Waals surface area contributed by atoms with Crippen LogP contribution in [0.1, 0.15) is 37.4 Å². The van der Waals surface area contributed by atoms with Crippen LogP contribution in [0.5, 0.6) is 0 Å². The number of aromatic amines is 1. The molecule has 6 nitrogen and oxygen atoms in total. The summed E-state index contributed by atoms with van der Waals surface area (Å²) in [4.78, 5) is 24.0. The lowest BCUT2D eigenvalue weighted by molar-refractivity contribution is 0.151. The van der Waals surface area contributed by atoms with Crippen LogP contribution >= 0.6 is 12.4 Å². The van der Waals surface area contributed by atoms with E-state index in [0.29, 0.717) is 24.2 Å². The molecule has 1 aliphatic rings. The largest absolute Gasteiger partial charge is 0.295 e. The summed E-state index contributed by atoms with van der Waals surface area (Å²) in [6, 6.07) is 10.2. The van der Waals surface area contributed by atoms with Gasteiger partial charge in [-0.3, -0.25) is 14.8 Å². The molecule has 1 fully saturated rings. The van der Waals surface area contributed by atoms with E-state index in [0.717, 1.165) is 23.4 Å². The average molecular weight is 374 g/mol. The van der Waals surface area contributed by atoms with E-state index >= 15 is 0 Å². The predicted octanol–water partition coefficient (Wildman–Crippen LogP) is 3.19. The van der Waals surface area contributed by atoms with Gasteiger partial charge in [0.25, 0.3) is 11.3 Å². The standard InChI is InChI=1S/C19H23N5O.ClH/c1-13-6-5-8-15(10-13)18-21-19-20-16(11-17(25)24(19)22-18)12-23-9-4-3-7-14(23)2;/h5-6,8,10-11,14H,3-4,7,9,12H2,1-2H3,(H,20,21,22);1H. The van der Waals surface area contributed by atoms with Gasteiger partial charge in [0.15, 0.2) is 5.82 Å². The third-order valence-electron chi connectivity index (χ3n) is 4.98. The Morgan fingerprint density at radius 3 is 2.85 bits per heavy atom. The predicted molar refractivity (Wildman–Crippen MR) is 105 cm³/mol. The highest BCUT2D eigenvalue weighted by Gasteiger charge is 2.19. The van der Waals surface area contributed by atoms with Gasteiger partial charge in [-0.1, -0.05) is 30.2 Å². The summed E-state index contributed by atoms with van der Waals surface area (Å²) in [7, 11) is 0. The van der Waals surface area contributed by atoms with E-state index in [1.807, 2.05) is 31.2 Å². The zero-order valence-electron chi connectivity index (χ0n) is 15.1. The lowest BCUT2D eigenvalue weighted by Gasteiger charge is -2.32. The molecule has 0 amide bonds. The van der Waals surface area contributed by atoms with E-state index in [-0.39, 0.29) is 18.0 Å². The summed E-state index contributed by atoms with van der Waals surface area (Å²) < 4.78 is 1.42. The second kappa shape index (κ2) is 7.60. The summed E-state index contributed by atoms with van der Waals surface area (Å²) in [5.41, 5.74) is 2.78. The molecule has 0 aliphatic carbocycles. The molecule has 1 N–H and O–H groups in total. The first-order valence-electron chi connectivity index (χ1n) is 8.90. The Hall–Kier alpha value is -2.18. The molecule has 26 heavy (non-hydrogen) atoms. The first-order chi connectivity index (χ1) is 12.1. The SMILES string of the molecule is Cc1cccc(-c2nc3nc(CN4CCCCC4C)cc(=O)n3[nH]2)c1.Cl. The van der Waals surface area contributed by atoms with Gasteiger partial charge >= 0.3 is 0 Å². The van der Waals surface area contributed by atoms with Crippen LogP contribution in [-0.4, -0.2) is 37.1 Å². The molecule has 7 heteroatoms. The van der Waals surface area contributed by atoms with Gasteiger partial charge in [-0.15, -0.1) is 12.4 Å². The Morgan fingerprint density at radius 2 is 2.08 bits per heavy atom. The summed E-state index contributed by atoms with van der Waals surface area (Å²) >= 11 is 0. The third-order valence-corrected chi connectivity index (χ3v) is 4.98. The van der Waals surface area contributed by atoms with E-state index in [2.05, 4.69) is 26.9 Å². The van der Waals surface area contributed by atoms with Crippen molar-refractivity contribution < 1.29 is 0 Å². The number of benzene rings is 1. The Morgan fingerprint density at radius 1 is 1.23 bits per heavy atom. The number of likely N-dealkylation sites (tertiary alicyclic amines) is 1. The summed E-state index contributed by atoms with van der Waals surface area (Å²) in [5, 5.41) is 3.06. The Labute approximate surface area is 158 Å². The molecule has 0 bridgehead atoms. The van der Waals surface area contributed by atoms with E-state index < -0.39 is 0 Å². The lowest BCUT2D eigenvalue weighted by Crippen LogP contribution is -2.37. The Kier molecular flexibility index (Phi) is 5.44. The van der Waals surface area contributed by atoms with Crippen molar-refractivity contribution in [3.05, 3.63) is 51.9 Å². The van der Waals surface area contributed by atoms with Gasteiger partial charge in [0, 0.05) is 24.2 Å². The maximum absolute atomic E-state index is 12.5. The number of nitrogens with one attached hydrogen (secondary N) is 1. The molecule has 0 saturated carbocycles. The molecule has 3 aromatic rings. The van der Waals surface area contributed by atoms with Gasteiger partial charge in [-0.2, -0.15) is 9.50 Å². The molecule has 1 aromatic carbocycles. The van der Waals surface area contributed by atoms with Crippen LogP contribution in [0.4, 0.5) is 0 Å². The van der Waals surface area contributed by atoms with E-state index in [1.165, 1.54) is 23.8 Å². The quantitative estimate of drug-likeness (QED) is 0.765. The number of nitrogens with zero attached hydrogens (tertiary/aromatic N) is 4. The number of aromatic nitrogens is 4. The van der Waals surface area contributed by atoms with Crippen molar-refractivity contribution >= 4 is 18.2 Å². The van der Waals surface area contributed by atoms with Crippen molar-refractivity contribution in [2.24, 2.45) is 0 Å². The Balaban J connectivity index is 0.00000196. The monoisotopic (exact) mass is 373 g/mol. The highest BCUT2D eigenvalue weighted by molar-refractivity contribution is 5.85. The molecule has 4 rings (SSSR count). The second-order valence-corrected chi connectivity index (χ2v) is 6.98. The second-order valence-electron chi connectivity index (χ2n) is 6.98. The number of aryl methyl sites for hydroxylation is 1. The number of halogens is 1. The van der Waals surface area contributed by atoms with Crippen LogP contribution in [0.2, 0.25) is 0 Å². The maximum Gasteiger partial charge on any atom is 0.274 e. The van der Waals surface area contributed by atoms with Crippen LogP contribution in [0, 0.1) is 6.92 Å². The van der Waals surface area contributed by atoms with Gasteiger partial charge in [-0.25, -0.2) is 4.98 Å². The van der Waals surface area contributed by atoms with Crippen molar-refractivity contribution in [2.75, 3.05) is 6.54 Å². The average Bonchev–Trinajstić information content (AvgIpc) is 3.02. The lowest BCUT2D eigenvalue weighted by atomic mass is 10.0. The van der Waals surface area contributed by atoms with Crippen LogP contribution < -0.4 is 5.56 Å². The minimum Gasteiger partial charge on any atom is -0.295 e. The van der Waals surface area contributed by atoms with Crippen LogP contribution in [-0.2, 0) is 6.54 Å².